The molecule has 4 aromatic rings. The van der Waals surface area contributed by atoms with Crippen LogP contribution >= 0.6 is 0 Å². The summed E-state index contributed by atoms with van der Waals surface area (Å²) in [5.74, 6) is 1.91. The van der Waals surface area contributed by atoms with Crippen LogP contribution < -0.4 is 10.1 Å². The van der Waals surface area contributed by atoms with Crippen molar-refractivity contribution >= 4 is 11.9 Å². The summed E-state index contributed by atoms with van der Waals surface area (Å²) in [5, 5.41) is 7.60. The normalized spacial score (nSPS) is 10.7. The van der Waals surface area contributed by atoms with E-state index in [-0.39, 0.29) is 5.91 Å². The van der Waals surface area contributed by atoms with E-state index < -0.39 is 0 Å². The summed E-state index contributed by atoms with van der Waals surface area (Å²) in [5.41, 5.74) is 2.13. The molecule has 152 valence electrons. The maximum Gasteiger partial charge on any atom is 0.250 e. The number of nitrogens with one attached hydrogen (secondary N) is 1. The molecule has 0 aliphatic heterocycles. The first-order chi connectivity index (χ1) is 14.7. The molecule has 7 heteroatoms. The SMILES string of the molecule is COc1ccc(CNc2nc(-c3ccco3)nn2C(=O)CCc2ccccc2)cc1. The van der Waals surface area contributed by atoms with E-state index in [0.29, 0.717) is 36.9 Å². The number of furan rings is 1. The highest BCUT2D eigenvalue weighted by atomic mass is 16.5. The molecule has 0 saturated heterocycles. The molecule has 2 heterocycles. The van der Waals surface area contributed by atoms with Crippen molar-refractivity contribution in [3.8, 4) is 17.3 Å². The van der Waals surface area contributed by atoms with Gasteiger partial charge in [-0.2, -0.15) is 9.67 Å². The maximum atomic E-state index is 12.9. The van der Waals surface area contributed by atoms with Gasteiger partial charge >= 0.3 is 0 Å². The second-order valence-electron chi connectivity index (χ2n) is 6.73. The predicted octanol–water partition coefficient (Wildman–Crippen LogP) is 4.43. The van der Waals surface area contributed by atoms with Crippen LogP contribution in [0.2, 0.25) is 0 Å². The number of carbonyl (C=O) groups is 1. The first-order valence-corrected chi connectivity index (χ1v) is 9.68. The molecule has 4 rings (SSSR count). The van der Waals surface area contributed by atoms with Gasteiger partial charge in [0, 0.05) is 13.0 Å². The minimum absolute atomic E-state index is 0.138. The average Bonchev–Trinajstić information content (AvgIpc) is 3.47. The zero-order valence-corrected chi connectivity index (χ0v) is 16.6. The topological polar surface area (TPSA) is 82.2 Å². The Kier molecular flexibility index (Phi) is 5.89. The highest BCUT2D eigenvalue weighted by Crippen LogP contribution is 2.20. The van der Waals surface area contributed by atoms with Gasteiger partial charge < -0.3 is 14.5 Å². The fraction of sp³-hybridized carbons (Fsp3) is 0.174. The summed E-state index contributed by atoms with van der Waals surface area (Å²) in [7, 11) is 1.63. The van der Waals surface area contributed by atoms with E-state index in [1.54, 1.807) is 25.5 Å². The first kappa shape index (κ1) is 19.4. The molecule has 0 atom stereocenters. The van der Waals surface area contributed by atoms with Gasteiger partial charge in [-0.15, -0.1) is 5.10 Å². The number of hydrogen-bond donors (Lipinski definition) is 1. The van der Waals surface area contributed by atoms with E-state index in [9.17, 15) is 4.79 Å². The third kappa shape index (κ3) is 4.57. The third-order valence-corrected chi connectivity index (χ3v) is 4.66. The van der Waals surface area contributed by atoms with Gasteiger partial charge in [0.2, 0.25) is 17.7 Å². The van der Waals surface area contributed by atoms with E-state index in [1.165, 1.54) is 4.68 Å². The second-order valence-corrected chi connectivity index (χ2v) is 6.73. The molecule has 0 aliphatic rings. The van der Waals surface area contributed by atoms with Crippen molar-refractivity contribution in [1.82, 2.24) is 14.8 Å². The standard InChI is InChI=1S/C23H22N4O3/c1-29-19-12-9-18(10-13-19)16-24-23-25-22(20-8-5-15-30-20)26-27(23)21(28)14-11-17-6-3-2-4-7-17/h2-10,12-13,15H,11,14,16H2,1H3,(H,24,25,26). The summed E-state index contributed by atoms with van der Waals surface area (Å²) >= 11 is 0. The molecule has 0 unspecified atom stereocenters. The van der Waals surface area contributed by atoms with Gasteiger partial charge in [-0.1, -0.05) is 42.5 Å². The summed E-state index contributed by atoms with van der Waals surface area (Å²) in [4.78, 5) is 17.4. The molecule has 30 heavy (non-hydrogen) atoms. The predicted molar refractivity (Wildman–Crippen MR) is 113 cm³/mol. The van der Waals surface area contributed by atoms with E-state index in [1.807, 2.05) is 54.6 Å². The van der Waals surface area contributed by atoms with Gasteiger partial charge in [-0.25, -0.2) is 0 Å². The molecule has 2 aromatic carbocycles. The van der Waals surface area contributed by atoms with Gasteiger partial charge in [-0.05, 0) is 41.8 Å². The Morgan fingerprint density at radius 2 is 1.83 bits per heavy atom. The minimum Gasteiger partial charge on any atom is -0.497 e. The van der Waals surface area contributed by atoms with Crippen LogP contribution in [0.3, 0.4) is 0 Å². The quantitative estimate of drug-likeness (QED) is 0.469. The Morgan fingerprint density at radius 1 is 1.03 bits per heavy atom. The Labute approximate surface area is 174 Å². The van der Waals surface area contributed by atoms with E-state index in [4.69, 9.17) is 9.15 Å². The van der Waals surface area contributed by atoms with Crippen LogP contribution in [-0.4, -0.2) is 27.8 Å². The number of hydrogen-bond acceptors (Lipinski definition) is 6. The number of aromatic nitrogens is 3. The monoisotopic (exact) mass is 402 g/mol. The Hall–Kier alpha value is -3.87. The van der Waals surface area contributed by atoms with Gasteiger partial charge in [-0.3, -0.25) is 4.79 Å². The van der Waals surface area contributed by atoms with E-state index in [2.05, 4.69) is 15.4 Å². The lowest BCUT2D eigenvalue weighted by Gasteiger charge is -2.08. The summed E-state index contributed by atoms with van der Waals surface area (Å²) < 4.78 is 11.9. The van der Waals surface area contributed by atoms with E-state index in [0.717, 1.165) is 16.9 Å². The van der Waals surface area contributed by atoms with Crippen LogP contribution in [0, 0.1) is 0 Å². The van der Waals surface area contributed by atoms with Gasteiger partial charge in [0.05, 0.1) is 13.4 Å². The van der Waals surface area contributed by atoms with Gasteiger partial charge in [0.25, 0.3) is 0 Å². The lowest BCUT2D eigenvalue weighted by atomic mass is 10.1. The van der Waals surface area contributed by atoms with Crippen LogP contribution in [0.25, 0.3) is 11.6 Å². The zero-order valence-electron chi connectivity index (χ0n) is 16.6. The molecule has 1 N–H and O–H groups in total. The Bertz CT molecular complexity index is 1090. The fourth-order valence-corrected chi connectivity index (χ4v) is 3.04. The highest BCUT2D eigenvalue weighted by Gasteiger charge is 2.18. The molecular formula is C23H22N4O3. The smallest absolute Gasteiger partial charge is 0.250 e. The second kappa shape index (κ2) is 9.09. The lowest BCUT2D eigenvalue weighted by Crippen LogP contribution is -2.17. The summed E-state index contributed by atoms with van der Waals surface area (Å²) in [6.07, 6.45) is 2.51. The zero-order chi connectivity index (χ0) is 20.8. The number of nitrogens with zero attached hydrogens (tertiary/aromatic N) is 3. The number of carbonyl (C=O) groups excluding carboxylic acids is 1. The van der Waals surface area contributed by atoms with Crippen molar-refractivity contribution in [3.63, 3.8) is 0 Å². The minimum atomic E-state index is -0.138. The van der Waals surface area contributed by atoms with Crippen molar-refractivity contribution in [2.24, 2.45) is 0 Å². The number of aryl methyl sites for hydroxylation is 1. The fourth-order valence-electron chi connectivity index (χ4n) is 3.04. The molecule has 0 fully saturated rings. The third-order valence-electron chi connectivity index (χ3n) is 4.66. The van der Waals surface area contributed by atoms with E-state index >= 15 is 0 Å². The molecule has 0 amide bonds. The van der Waals surface area contributed by atoms with Crippen LogP contribution in [0.1, 0.15) is 22.3 Å². The number of anilines is 1. The van der Waals surface area contributed by atoms with Crippen molar-refractivity contribution in [2.75, 3.05) is 12.4 Å². The number of methoxy groups -OCH3 is 1. The Morgan fingerprint density at radius 3 is 2.53 bits per heavy atom. The largest absolute Gasteiger partial charge is 0.497 e. The molecule has 7 nitrogen and oxygen atoms in total. The van der Waals surface area contributed by atoms with Crippen LogP contribution in [0.15, 0.2) is 77.4 Å². The number of rotatable bonds is 8. The molecule has 0 saturated carbocycles. The van der Waals surface area contributed by atoms with Crippen LogP contribution in [-0.2, 0) is 13.0 Å². The molecular weight excluding hydrogens is 380 g/mol. The first-order valence-electron chi connectivity index (χ1n) is 9.68. The summed E-state index contributed by atoms with van der Waals surface area (Å²) in [6, 6.07) is 21.1. The van der Waals surface area contributed by atoms with Gasteiger partial charge in [0.1, 0.15) is 5.75 Å². The summed E-state index contributed by atoms with van der Waals surface area (Å²) in [6.45, 7) is 0.492. The maximum absolute atomic E-state index is 12.9. The van der Waals surface area contributed by atoms with Gasteiger partial charge in [0.15, 0.2) is 5.76 Å². The lowest BCUT2D eigenvalue weighted by molar-refractivity contribution is 0.0890. The van der Waals surface area contributed by atoms with Crippen LogP contribution in [0.4, 0.5) is 5.95 Å². The molecule has 0 spiro atoms. The van der Waals surface area contributed by atoms with Crippen molar-refractivity contribution < 1.29 is 13.9 Å². The van der Waals surface area contributed by atoms with Crippen molar-refractivity contribution in [1.29, 1.82) is 0 Å². The number of benzene rings is 2. The van der Waals surface area contributed by atoms with Crippen molar-refractivity contribution in [2.45, 2.75) is 19.4 Å². The van der Waals surface area contributed by atoms with Crippen LogP contribution in [0.5, 0.6) is 5.75 Å². The van der Waals surface area contributed by atoms with Crippen molar-refractivity contribution in [3.05, 3.63) is 84.1 Å². The number of ether oxygens (including phenoxy) is 1. The molecule has 0 bridgehead atoms. The highest BCUT2D eigenvalue weighted by molar-refractivity contribution is 5.81. The molecule has 0 aliphatic carbocycles. The Balaban J connectivity index is 1.52. The molecule has 2 aromatic heterocycles. The molecule has 0 radical (unpaired) electrons. The average molecular weight is 402 g/mol.